The summed E-state index contributed by atoms with van der Waals surface area (Å²) >= 11 is 0. The van der Waals surface area contributed by atoms with Gasteiger partial charge in [-0.2, -0.15) is 0 Å². The van der Waals surface area contributed by atoms with Crippen molar-refractivity contribution in [2.24, 2.45) is 4.99 Å². The van der Waals surface area contributed by atoms with Gasteiger partial charge in [-0.25, -0.2) is 4.79 Å². The average molecular weight is 500 g/mol. The highest BCUT2D eigenvalue weighted by Gasteiger charge is 2.27. The molecule has 1 aromatic carbocycles. The maximum absolute atomic E-state index is 11.8. The summed E-state index contributed by atoms with van der Waals surface area (Å²) in [4.78, 5) is 41.9. The Labute approximate surface area is 180 Å². The van der Waals surface area contributed by atoms with Gasteiger partial charge in [-0.05, 0) is 24.1 Å². The lowest BCUT2D eigenvalue weighted by Crippen LogP contribution is -2.43. The Kier molecular flexibility index (Phi) is 8.03. The van der Waals surface area contributed by atoms with Gasteiger partial charge >= 0.3 is 6.03 Å². The lowest BCUT2D eigenvalue weighted by atomic mass is 10.2. The molecule has 152 valence electrons. The minimum Gasteiger partial charge on any atom is -0.355 e. The Hall–Kier alpha value is -2.37. The van der Waals surface area contributed by atoms with Gasteiger partial charge in [0.05, 0.1) is 6.54 Å². The molecule has 2 saturated heterocycles. The zero-order chi connectivity index (χ0) is 19.2. The summed E-state index contributed by atoms with van der Waals surface area (Å²) in [5.41, 5.74) is 1.99. The SMILES string of the molecule is CN=C(NCCN1C(=O)CNC1=O)NCc1ccc(N2CCCC2=O)cc1.I. The molecule has 0 saturated carbocycles. The number of hydrogen-bond acceptors (Lipinski definition) is 4. The number of aliphatic imine (C=N–C) groups is 1. The number of nitrogens with one attached hydrogen (secondary N) is 3. The summed E-state index contributed by atoms with van der Waals surface area (Å²) in [5, 5.41) is 8.75. The smallest absolute Gasteiger partial charge is 0.324 e. The highest BCUT2D eigenvalue weighted by atomic mass is 127. The number of carbonyl (C=O) groups is 3. The Morgan fingerprint density at radius 3 is 2.46 bits per heavy atom. The van der Waals surface area contributed by atoms with Crippen LogP contribution in [0.4, 0.5) is 10.5 Å². The second kappa shape index (κ2) is 10.2. The van der Waals surface area contributed by atoms with Crippen LogP contribution in [0.2, 0.25) is 0 Å². The second-order valence-corrected chi connectivity index (χ2v) is 6.37. The third-order valence-electron chi connectivity index (χ3n) is 4.57. The fourth-order valence-electron chi connectivity index (χ4n) is 3.09. The van der Waals surface area contributed by atoms with Crippen molar-refractivity contribution in [3.8, 4) is 0 Å². The van der Waals surface area contributed by atoms with E-state index in [0.29, 0.717) is 25.5 Å². The normalized spacial score (nSPS) is 16.9. The molecule has 2 heterocycles. The van der Waals surface area contributed by atoms with Gasteiger partial charge in [0.2, 0.25) is 11.8 Å². The predicted molar refractivity (Wildman–Crippen MR) is 117 cm³/mol. The summed E-state index contributed by atoms with van der Waals surface area (Å²) in [6, 6.07) is 7.51. The van der Waals surface area contributed by atoms with Crippen molar-refractivity contribution in [2.45, 2.75) is 19.4 Å². The number of imide groups is 1. The van der Waals surface area contributed by atoms with E-state index < -0.39 is 0 Å². The minimum absolute atomic E-state index is 0. The molecule has 2 aliphatic rings. The van der Waals surface area contributed by atoms with E-state index in [9.17, 15) is 14.4 Å². The Morgan fingerprint density at radius 1 is 1.14 bits per heavy atom. The van der Waals surface area contributed by atoms with Gasteiger partial charge < -0.3 is 20.9 Å². The lowest BCUT2D eigenvalue weighted by molar-refractivity contribution is -0.125. The highest BCUT2D eigenvalue weighted by molar-refractivity contribution is 14.0. The van der Waals surface area contributed by atoms with Crippen molar-refractivity contribution >= 4 is 53.5 Å². The topological polar surface area (TPSA) is 106 Å². The quantitative estimate of drug-likeness (QED) is 0.230. The molecule has 0 aromatic heterocycles. The van der Waals surface area contributed by atoms with Crippen molar-refractivity contribution in [1.82, 2.24) is 20.9 Å². The van der Waals surface area contributed by atoms with Gasteiger partial charge in [-0.15, -0.1) is 24.0 Å². The fraction of sp³-hybridized carbons (Fsp3) is 0.444. The minimum atomic E-state index is -0.360. The first-order valence-corrected chi connectivity index (χ1v) is 9.00. The van der Waals surface area contributed by atoms with E-state index in [1.165, 1.54) is 4.90 Å². The Morgan fingerprint density at radius 2 is 1.89 bits per heavy atom. The number of urea groups is 1. The third-order valence-corrected chi connectivity index (χ3v) is 4.57. The number of rotatable bonds is 6. The van der Waals surface area contributed by atoms with Crippen LogP contribution in [0.3, 0.4) is 0 Å². The number of anilines is 1. The molecular formula is C18H25IN6O3. The number of benzene rings is 1. The lowest BCUT2D eigenvalue weighted by Gasteiger charge is -2.17. The van der Waals surface area contributed by atoms with Crippen LogP contribution >= 0.6 is 24.0 Å². The number of halogens is 1. The molecule has 28 heavy (non-hydrogen) atoms. The third kappa shape index (κ3) is 5.33. The summed E-state index contributed by atoms with van der Waals surface area (Å²) in [7, 11) is 1.66. The predicted octanol–water partition coefficient (Wildman–Crippen LogP) is 0.648. The first-order valence-electron chi connectivity index (χ1n) is 9.00. The first-order chi connectivity index (χ1) is 13.1. The first kappa shape index (κ1) is 21.9. The number of carbonyl (C=O) groups excluding carboxylic acids is 3. The molecule has 10 heteroatoms. The molecule has 3 rings (SSSR count). The van der Waals surface area contributed by atoms with Gasteiger partial charge in [0, 0.05) is 45.3 Å². The number of amides is 4. The van der Waals surface area contributed by atoms with Crippen molar-refractivity contribution in [1.29, 1.82) is 0 Å². The molecule has 0 spiro atoms. The molecule has 1 aromatic rings. The van der Waals surface area contributed by atoms with Crippen molar-refractivity contribution in [3.63, 3.8) is 0 Å². The summed E-state index contributed by atoms with van der Waals surface area (Å²) in [6.45, 7) is 2.10. The van der Waals surface area contributed by atoms with E-state index in [-0.39, 0.29) is 54.9 Å². The summed E-state index contributed by atoms with van der Waals surface area (Å²) in [5.74, 6) is 0.540. The Balaban J connectivity index is 0.00000280. The van der Waals surface area contributed by atoms with Crippen molar-refractivity contribution in [2.75, 3.05) is 38.1 Å². The van der Waals surface area contributed by atoms with Gasteiger partial charge in [0.25, 0.3) is 0 Å². The number of nitrogens with zero attached hydrogens (tertiary/aromatic N) is 3. The van der Waals surface area contributed by atoms with E-state index in [0.717, 1.165) is 24.2 Å². The average Bonchev–Trinajstić information content (AvgIpc) is 3.24. The van der Waals surface area contributed by atoms with Gasteiger partial charge in [0.1, 0.15) is 0 Å². The van der Waals surface area contributed by atoms with Crippen LogP contribution in [-0.2, 0) is 16.1 Å². The van der Waals surface area contributed by atoms with Crippen LogP contribution < -0.4 is 20.9 Å². The zero-order valence-corrected chi connectivity index (χ0v) is 18.1. The summed E-state index contributed by atoms with van der Waals surface area (Å²) in [6.07, 6.45) is 1.53. The molecule has 0 bridgehead atoms. The highest BCUT2D eigenvalue weighted by Crippen LogP contribution is 2.21. The van der Waals surface area contributed by atoms with Crippen LogP contribution in [0.1, 0.15) is 18.4 Å². The molecule has 0 radical (unpaired) electrons. The Bertz CT molecular complexity index is 736. The standard InChI is InChI=1S/C18H24N6O3.HI/c1-19-17(20-8-10-24-16(26)12-22-18(24)27)21-11-13-4-6-14(7-5-13)23-9-2-3-15(23)25;/h4-7H,2-3,8-12H2,1H3,(H,22,27)(H2,19,20,21);1H. The molecule has 2 fully saturated rings. The van der Waals surface area contributed by atoms with E-state index in [2.05, 4.69) is 20.9 Å². The fourth-order valence-corrected chi connectivity index (χ4v) is 3.09. The zero-order valence-electron chi connectivity index (χ0n) is 15.7. The molecule has 0 aliphatic carbocycles. The maximum Gasteiger partial charge on any atom is 0.324 e. The maximum atomic E-state index is 11.8. The van der Waals surface area contributed by atoms with E-state index >= 15 is 0 Å². The monoisotopic (exact) mass is 500 g/mol. The largest absolute Gasteiger partial charge is 0.355 e. The van der Waals surface area contributed by atoms with E-state index in [4.69, 9.17) is 0 Å². The van der Waals surface area contributed by atoms with Crippen LogP contribution in [-0.4, -0.2) is 61.9 Å². The summed E-state index contributed by atoms with van der Waals surface area (Å²) < 4.78 is 0. The number of guanidine groups is 1. The molecule has 4 amide bonds. The van der Waals surface area contributed by atoms with Crippen molar-refractivity contribution in [3.05, 3.63) is 29.8 Å². The van der Waals surface area contributed by atoms with Gasteiger partial charge in [-0.1, -0.05) is 12.1 Å². The number of hydrogen-bond donors (Lipinski definition) is 3. The van der Waals surface area contributed by atoms with Crippen LogP contribution in [0, 0.1) is 0 Å². The van der Waals surface area contributed by atoms with Crippen LogP contribution in [0.15, 0.2) is 29.3 Å². The van der Waals surface area contributed by atoms with E-state index in [1.54, 1.807) is 7.05 Å². The molecule has 2 aliphatic heterocycles. The van der Waals surface area contributed by atoms with Crippen LogP contribution in [0.5, 0.6) is 0 Å². The van der Waals surface area contributed by atoms with Gasteiger partial charge in [0.15, 0.2) is 5.96 Å². The molecule has 0 atom stereocenters. The molecule has 0 unspecified atom stereocenters. The van der Waals surface area contributed by atoms with Gasteiger partial charge in [-0.3, -0.25) is 19.5 Å². The van der Waals surface area contributed by atoms with Crippen molar-refractivity contribution < 1.29 is 14.4 Å². The second-order valence-electron chi connectivity index (χ2n) is 6.37. The molecular weight excluding hydrogens is 475 g/mol. The molecule has 9 nitrogen and oxygen atoms in total. The van der Waals surface area contributed by atoms with E-state index in [1.807, 2.05) is 29.2 Å². The molecule has 3 N–H and O–H groups in total. The van der Waals surface area contributed by atoms with Crippen LogP contribution in [0.25, 0.3) is 0 Å².